The van der Waals surface area contributed by atoms with Gasteiger partial charge in [0.25, 0.3) is 0 Å². The summed E-state index contributed by atoms with van der Waals surface area (Å²) < 4.78 is 14.0. The van der Waals surface area contributed by atoms with Crippen molar-refractivity contribution in [1.29, 1.82) is 0 Å². The molecule has 10 aromatic carbocycles. The topological polar surface area (TPSA) is 29.5 Å². The van der Waals surface area contributed by atoms with Gasteiger partial charge >= 0.3 is 0 Å². The lowest BCUT2D eigenvalue weighted by Crippen LogP contribution is -2.26. The highest BCUT2D eigenvalue weighted by Gasteiger charge is 2.51. The summed E-state index contributed by atoms with van der Waals surface area (Å²) in [4.78, 5) is 2.41. The average Bonchev–Trinajstić information content (AvgIpc) is 4.09. The minimum absolute atomic E-state index is 0.487. The molecule has 2 aliphatic rings. The minimum Gasteiger partial charge on any atom is -0.456 e. The van der Waals surface area contributed by atoms with Crippen LogP contribution < -0.4 is 4.90 Å². The molecule has 14 rings (SSSR count). The molecule has 0 unspecified atom stereocenters. The predicted molar refractivity (Wildman–Crippen MR) is 263 cm³/mol. The van der Waals surface area contributed by atoms with Crippen LogP contribution in [-0.2, 0) is 5.41 Å². The third-order valence-electron chi connectivity index (χ3n) is 13.9. The Kier molecular flexibility index (Phi) is 7.32. The molecule has 0 fully saturated rings. The molecule has 0 saturated carbocycles. The number of furan rings is 2. The van der Waals surface area contributed by atoms with E-state index in [4.69, 9.17) is 8.83 Å². The van der Waals surface area contributed by atoms with Crippen molar-refractivity contribution in [3.8, 4) is 44.5 Å². The predicted octanol–water partition coefficient (Wildman–Crippen LogP) is 16.6. The fourth-order valence-corrected chi connectivity index (χ4v) is 11.3. The van der Waals surface area contributed by atoms with Crippen molar-refractivity contribution < 1.29 is 8.83 Å². The summed E-state index contributed by atoms with van der Waals surface area (Å²) in [5.41, 5.74) is 20.7. The zero-order chi connectivity index (χ0) is 41.9. The largest absolute Gasteiger partial charge is 0.456 e. The molecule has 2 aliphatic carbocycles. The second kappa shape index (κ2) is 13.3. The highest BCUT2D eigenvalue weighted by molar-refractivity contribution is 6.24. The number of hydrogen-bond acceptors (Lipinski definition) is 3. The van der Waals surface area contributed by atoms with Crippen LogP contribution in [0.1, 0.15) is 22.3 Å². The Morgan fingerprint density at radius 2 is 0.891 bits per heavy atom. The Morgan fingerprint density at radius 1 is 0.328 bits per heavy atom. The van der Waals surface area contributed by atoms with Crippen LogP contribution >= 0.6 is 0 Å². The summed E-state index contributed by atoms with van der Waals surface area (Å²) in [5.74, 6) is 0. The first-order valence-corrected chi connectivity index (χ1v) is 22.0. The van der Waals surface area contributed by atoms with Crippen LogP contribution in [0.3, 0.4) is 0 Å². The number of hydrogen-bond donors (Lipinski definition) is 0. The van der Waals surface area contributed by atoms with Crippen molar-refractivity contribution in [2.75, 3.05) is 4.90 Å². The Labute approximate surface area is 369 Å². The van der Waals surface area contributed by atoms with Crippen molar-refractivity contribution in [2.24, 2.45) is 0 Å². The quantitative estimate of drug-likeness (QED) is 0.173. The molecule has 0 saturated heterocycles. The number of nitrogens with zero attached hydrogens (tertiary/aromatic N) is 1. The number of benzene rings is 10. The maximum Gasteiger partial charge on any atom is 0.159 e. The maximum absolute atomic E-state index is 7.38. The molecule has 0 aliphatic heterocycles. The lowest BCUT2D eigenvalue weighted by Gasteiger charge is -2.32. The first kappa shape index (κ1) is 35.2. The Hall–Kier alpha value is -8.40. The van der Waals surface area contributed by atoms with Gasteiger partial charge in [-0.05, 0) is 104 Å². The van der Waals surface area contributed by atoms with Crippen molar-refractivity contribution in [3.05, 3.63) is 247 Å². The average molecular weight is 816 g/mol. The van der Waals surface area contributed by atoms with Crippen LogP contribution in [0.2, 0.25) is 0 Å². The monoisotopic (exact) mass is 815 g/mol. The van der Waals surface area contributed by atoms with Gasteiger partial charge in [0.1, 0.15) is 16.7 Å². The SMILES string of the molecule is c1ccc(-c2cccc(N(c3ccc4c(c3)C3(c5ccccc5-c5ccccc53)c3ccccc3-4)c3cccc4c3oc3c(-c5ccccc5)c5c(cc34)oc3ccccc35)c2)cc1. The summed E-state index contributed by atoms with van der Waals surface area (Å²) in [7, 11) is 0. The van der Waals surface area contributed by atoms with Gasteiger partial charge in [-0.2, -0.15) is 0 Å². The molecule has 2 heterocycles. The van der Waals surface area contributed by atoms with Gasteiger partial charge in [-0.25, -0.2) is 0 Å². The van der Waals surface area contributed by atoms with E-state index in [2.05, 4.69) is 217 Å². The normalized spacial score (nSPS) is 13.1. The van der Waals surface area contributed by atoms with Crippen molar-refractivity contribution in [1.82, 2.24) is 0 Å². The van der Waals surface area contributed by atoms with Gasteiger partial charge in [0.15, 0.2) is 5.58 Å². The van der Waals surface area contributed by atoms with E-state index >= 15 is 0 Å². The van der Waals surface area contributed by atoms with Gasteiger partial charge in [-0.1, -0.05) is 182 Å². The van der Waals surface area contributed by atoms with E-state index in [-0.39, 0.29) is 0 Å². The third-order valence-corrected chi connectivity index (χ3v) is 13.9. The van der Waals surface area contributed by atoms with E-state index in [0.29, 0.717) is 0 Å². The zero-order valence-corrected chi connectivity index (χ0v) is 34.6. The van der Waals surface area contributed by atoms with Crippen LogP contribution in [0.4, 0.5) is 17.1 Å². The molecule has 0 amide bonds. The number of fused-ring (bicyclic) bond motifs is 16. The van der Waals surface area contributed by atoms with Crippen molar-refractivity contribution >= 4 is 60.9 Å². The molecule has 3 nitrogen and oxygen atoms in total. The molecular formula is C61H37NO2. The molecule has 3 heteroatoms. The van der Waals surface area contributed by atoms with Crippen molar-refractivity contribution in [2.45, 2.75) is 5.41 Å². The molecular weight excluding hydrogens is 779 g/mol. The maximum atomic E-state index is 7.38. The number of rotatable bonds is 5. The minimum atomic E-state index is -0.487. The summed E-state index contributed by atoms with van der Waals surface area (Å²) >= 11 is 0. The number of anilines is 3. The Morgan fingerprint density at radius 3 is 1.61 bits per heavy atom. The van der Waals surface area contributed by atoms with Gasteiger partial charge < -0.3 is 13.7 Å². The van der Waals surface area contributed by atoms with Gasteiger partial charge in [0.2, 0.25) is 0 Å². The fourth-order valence-electron chi connectivity index (χ4n) is 11.3. The smallest absolute Gasteiger partial charge is 0.159 e. The standard InChI is InChI=1S/C61H37NO2/c1-3-17-38(18-4-1)40-21-15-22-41(35-40)62(42-33-34-46-45-25-9-13-30-52(45)61(53(46)36-42)50-28-11-7-23-43(50)44-24-8-12-29-51(44)61)54-31-16-27-47-49-37-56-58(48-26-10-14-32-55(48)63-56)57(60(49)64-59(47)54)39-19-5-2-6-20-39/h1-37H. The van der Waals surface area contributed by atoms with Crippen molar-refractivity contribution in [3.63, 3.8) is 0 Å². The van der Waals surface area contributed by atoms with Gasteiger partial charge in [-0.15, -0.1) is 0 Å². The molecule has 0 bridgehead atoms. The lowest BCUT2D eigenvalue weighted by atomic mass is 9.70. The first-order valence-electron chi connectivity index (χ1n) is 22.0. The highest BCUT2D eigenvalue weighted by atomic mass is 16.3. The van der Waals surface area contributed by atoms with Crippen LogP contribution in [0, 0.1) is 0 Å². The Bertz CT molecular complexity index is 3790. The molecule has 2 aromatic heterocycles. The van der Waals surface area contributed by atoms with Crippen LogP contribution in [0.25, 0.3) is 88.4 Å². The molecule has 0 radical (unpaired) electrons. The summed E-state index contributed by atoms with van der Waals surface area (Å²) in [6.07, 6.45) is 0. The van der Waals surface area contributed by atoms with Crippen LogP contribution in [-0.4, -0.2) is 0 Å². The summed E-state index contributed by atoms with van der Waals surface area (Å²) in [6.45, 7) is 0. The van der Waals surface area contributed by atoms with Crippen LogP contribution in [0.5, 0.6) is 0 Å². The first-order chi connectivity index (χ1) is 31.8. The second-order valence-corrected chi connectivity index (χ2v) is 17.1. The van der Waals surface area contributed by atoms with Gasteiger partial charge in [0.05, 0.1) is 11.1 Å². The second-order valence-electron chi connectivity index (χ2n) is 17.1. The van der Waals surface area contributed by atoms with Crippen LogP contribution in [0.15, 0.2) is 233 Å². The van der Waals surface area contributed by atoms with E-state index in [9.17, 15) is 0 Å². The molecule has 12 aromatic rings. The Balaban J connectivity index is 1.07. The molecule has 64 heavy (non-hydrogen) atoms. The number of para-hydroxylation sites is 2. The van der Waals surface area contributed by atoms with E-state index in [1.54, 1.807) is 0 Å². The third kappa shape index (κ3) is 4.76. The summed E-state index contributed by atoms with van der Waals surface area (Å²) in [6, 6.07) is 81.3. The fraction of sp³-hybridized carbons (Fsp3) is 0.0164. The summed E-state index contributed by atoms with van der Waals surface area (Å²) in [5, 5.41) is 4.17. The van der Waals surface area contributed by atoms with Gasteiger partial charge in [0, 0.05) is 38.5 Å². The molecule has 298 valence electrons. The van der Waals surface area contributed by atoms with Gasteiger partial charge in [-0.3, -0.25) is 0 Å². The molecule has 0 atom stereocenters. The van der Waals surface area contributed by atoms with E-state index in [0.717, 1.165) is 83.2 Å². The molecule has 0 N–H and O–H groups in total. The zero-order valence-electron chi connectivity index (χ0n) is 34.6. The lowest BCUT2D eigenvalue weighted by molar-refractivity contribution is 0.665. The van der Waals surface area contributed by atoms with E-state index in [1.165, 1.54) is 44.5 Å². The molecule has 1 spiro atoms. The highest BCUT2D eigenvalue weighted by Crippen LogP contribution is 2.63. The van der Waals surface area contributed by atoms with E-state index < -0.39 is 5.41 Å². The van der Waals surface area contributed by atoms with E-state index in [1.807, 2.05) is 12.1 Å².